The molecule has 0 radical (unpaired) electrons. The largest absolute Gasteiger partial charge is 0.277 e. The second kappa shape index (κ2) is 5.70. The highest BCUT2D eigenvalue weighted by Gasteiger charge is 2.05. The minimum atomic E-state index is 0.467. The first-order chi connectivity index (χ1) is 5.63. The summed E-state index contributed by atoms with van der Waals surface area (Å²) in [5.41, 5.74) is 2.16. The zero-order chi connectivity index (χ0) is 9.56. The Hall–Kier alpha value is -0.920. The zero-order valence-electron chi connectivity index (χ0n) is 8.46. The lowest BCUT2D eigenvalue weighted by Gasteiger charge is -2.09. The molecular weight excluding hydrogens is 148 g/mol. The number of nitrogens with zero attached hydrogens (tertiary/aromatic N) is 2. The van der Waals surface area contributed by atoms with Gasteiger partial charge in [0.1, 0.15) is 6.34 Å². The lowest BCUT2D eigenvalue weighted by atomic mass is 9.99. The van der Waals surface area contributed by atoms with Gasteiger partial charge in [0, 0.05) is 12.8 Å². The van der Waals surface area contributed by atoms with Gasteiger partial charge >= 0.3 is 0 Å². The molecule has 0 rings (SSSR count). The fourth-order valence-corrected chi connectivity index (χ4v) is 0.862. The van der Waals surface area contributed by atoms with Gasteiger partial charge < -0.3 is 0 Å². The summed E-state index contributed by atoms with van der Waals surface area (Å²) in [6, 6.07) is 0. The van der Waals surface area contributed by atoms with Crippen molar-refractivity contribution in [3.05, 3.63) is 12.2 Å². The molecule has 0 aliphatic rings. The van der Waals surface area contributed by atoms with E-state index in [0.717, 1.165) is 17.7 Å². The van der Waals surface area contributed by atoms with Crippen LogP contribution in [0, 0.1) is 5.92 Å². The molecule has 0 saturated carbocycles. The molecule has 0 aromatic rings. The fraction of sp³-hybridized carbons (Fsp3) is 0.600. The SMILES string of the molecule is C=C(C(CC)=NC=NC)C(C)C. The molecule has 0 amide bonds. The summed E-state index contributed by atoms with van der Waals surface area (Å²) < 4.78 is 0. The molecule has 0 aromatic carbocycles. The van der Waals surface area contributed by atoms with E-state index in [4.69, 9.17) is 0 Å². The minimum Gasteiger partial charge on any atom is -0.277 e. The van der Waals surface area contributed by atoms with Crippen molar-refractivity contribution in [3.8, 4) is 0 Å². The Morgan fingerprint density at radius 2 is 2.08 bits per heavy atom. The van der Waals surface area contributed by atoms with Crippen molar-refractivity contribution in [1.82, 2.24) is 0 Å². The third-order valence-corrected chi connectivity index (χ3v) is 1.73. The highest BCUT2D eigenvalue weighted by atomic mass is 14.8. The van der Waals surface area contributed by atoms with Crippen LogP contribution in [0.2, 0.25) is 0 Å². The van der Waals surface area contributed by atoms with Crippen molar-refractivity contribution >= 4 is 12.1 Å². The molecule has 0 atom stereocenters. The average Bonchev–Trinajstić information content (AvgIpc) is 2.05. The second-order valence-corrected chi connectivity index (χ2v) is 2.98. The number of rotatable bonds is 4. The molecule has 0 aromatic heterocycles. The van der Waals surface area contributed by atoms with Crippen LogP contribution in [0.15, 0.2) is 22.1 Å². The van der Waals surface area contributed by atoms with E-state index in [9.17, 15) is 0 Å². The zero-order valence-corrected chi connectivity index (χ0v) is 8.46. The molecule has 0 bridgehead atoms. The molecule has 0 aliphatic carbocycles. The van der Waals surface area contributed by atoms with Crippen LogP contribution in [-0.2, 0) is 0 Å². The lowest BCUT2D eigenvalue weighted by molar-refractivity contribution is 0.802. The van der Waals surface area contributed by atoms with E-state index in [1.165, 1.54) is 0 Å². The number of aliphatic imine (C=N–C) groups is 2. The van der Waals surface area contributed by atoms with Gasteiger partial charge in [0.25, 0.3) is 0 Å². The molecule has 2 heteroatoms. The quantitative estimate of drug-likeness (QED) is 0.453. The van der Waals surface area contributed by atoms with E-state index in [-0.39, 0.29) is 0 Å². The van der Waals surface area contributed by atoms with Crippen LogP contribution in [0.25, 0.3) is 0 Å². The highest BCUT2D eigenvalue weighted by Crippen LogP contribution is 2.10. The summed E-state index contributed by atoms with van der Waals surface area (Å²) in [5.74, 6) is 0.467. The lowest BCUT2D eigenvalue weighted by Crippen LogP contribution is -2.06. The first kappa shape index (κ1) is 11.1. The monoisotopic (exact) mass is 166 g/mol. The summed E-state index contributed by atoms with van der Waals surface area (Å²) in [5, 5.41) is 0. The van der Waals surface area contributed by atoms with Crippen molar-refractivity contribution in [1.29, 1.82) is 0 Å². The Morgan fingerprint density at radius 3 is 2.42 bits per heavy atom. The van der Waals surface area contributed by atoms with Crippen LogP contribution < -0.4 is 0 Å². The van der Waals surface area contributed by atoms with Crippen LogP contribution in [0.4, 0.5) is 0 Å². The molecule has 0 heterocycles. The Labute approximate surface area is 75.1 Å². The number of hydrogen-bond donors (Lipinski definition) is 0. The van der Waals surface area contributed by atoms with Crippen molar-refractivity contribution in [2.24, 2.45) is 15.9 Å². The molecule has 0 saturated heterocycles. The summed E-state index contributed by atoms with van der Waals surface area (Å²) in [4.78, 5) is 8.02. The summed E-state index contributed by atoms with van der Waals surface area (Å²) in [6.45, 7) is 10.3. The van der Waals surface area contributed by atoms with Crippen molar-refractivity contribution in [3.63, 3.8) is 0 Å². The van der Waals surface area contributed by atoms with Gasteiger partial charge in [-0.05, 0) is 17.9 Å². The fourth-order valence-electron chi connectivity index (χ4n) is 0.862. The molecule has 12 heavy (non-hydrogen) atoms. The first-order valence-electron chi connectivity index (χ1n) is 4.29. The maximum absolute atomic E-state index is 4.21. The normalized spacial score (nSPS) is 12.9. The Morgan fingerprint density at radius 1 is 1.50 bits per heavy atom. The number of hydrogen-bond acceptors (Lipinski definition) is 1. The van der Waals surface area contributed by atoms with E-state index in [0.29, 0.717) is 5.92 Å². The molecule has 0 aliphatic heterocycles. The van der Waals surface area contributed by atoms with Crippen LogP contribution in [-0.4, -0.2) is 19.1 Å². The van der Waals surface area contributed by atoms with Gasteiger partial charge in [-0.25, -0.2) is 4.99 Å². The van der Waals surface area contributed by atoms with Crippen molar-refractivity contribution in [2.45, 2.75) is 27.2 Å². The van der Waals surface area contributed by atoms with Crippen LogP contribution in [0.3, 0.4) is 0 Å². The van der Waals surface area contributed by atoms with E-state index in [1.54, 1.807) is 13.4 Å². The molecular formula is C10H18N2. The van der Waals surface area contributed by atoms with Crippen molar-refractivity contribution < 1.29 is 0 Å². The third kappa shape index (κ3) is 3.46. The Bertz CT molecular complexity index is 200. The summed E-state index contributed by atoms with van der Waals surface area (Å²) in [7, 11) is 1.72. The van der Waals surface area contributed by atoms with Gasteiger partial charge in [-0.2, -0.15) is 0 Å². The highest BCUT2D eigenvalue weighted by molar-refractivity contribution is 6.03. The predicted octanol–water partition coefficient (Wildman–Crippen LogP) is 2.71. The van der Waals surface area contributed by atoms with Gasteiger partial charge in [-0.1, -0.05) is 27.4 Å². The van der Waals surface area contributed by atoms with E-state index in [1.807, 2.05) is 0 Å². The summed E-state index contributed by atoms with van der Waals surface area (Å²) in [6.07, 6.45) is 2.50. The molecule has 2 nitrogen and oxygen atoms in total. The average molecular weight is 166 g/mol. The topological polar surface area (TPSA) is 24.7 Å². The number of allylic oxidation sites excluding steroid dienone is 1. The molecule has 68 valence electrons. The van der Waals surface area contributed by atoms with Gasteiger partial charge in [0.2, 0.25) is 0 Å². The summed E-state index contributed by atoms with van der Waals surface area (Å²) >= 11 is 0. The Balaban J connectivity index is 4.44. The minimum absolute atomic E-state index is 0.467. The van der Waals surface area contributed by atoms with E-state index in [2.05, 4.69) is 37.3 Å². The smallest absolute Gasteiger partial charge is 0.109 e. The van der Waals surface area contributed by atoms with Gasteiger partial charge in [0.05, 0.1) is 0 Å². The van der Waals surface area contributed by atoms with Gasteiger partial charge in [-0.3, -0.25) is 4.99 Å². The molecule has 0 spiro atoms. The van der Waals surface area contributed by atoms with E-state index >= 15 is 0 Å². The maximum atomic E-state index is 4.21. The molecule has 0 N–H and O–H groups in total. The first-order valence-corrected chi connectivity index (χ1v) is 4.29. The Kier molecular flexibility index (Phi) is 5.26. The third-order valence-electron chi connectivity index (χ3n) is 1.73. The van der Waals surface area contributed by atoms with Gasteiger partial charge in [-0.15, -0.1) is 0 Å². The van der Waals surface area contributed by atoms with Crippen molar-refractivity contribution in [2.75, 3.05) is 7.05 Å². The van der Waals surface area contributed by atoms with Gasteiger partial charge in [0.15, 0.2) is 0 Å². The molecule has 0 fully saturated rings. The predicted molar refractivity (Wildman–Crippen MR) is 56.1 cm³/mol. The van der Waals surface area contributed by atoms with E-state index < -0.39 is 0 Å². The van der Waals surface area contributed by atoms with Crippen LogP contribution >= 0.6 is 0 Å². The standard InChI is InChI=1S/C10H18N2/c1-6-10(12-7-11-5)9(4)8(2)3/h7-8H,4,6H2,1-3,5H3. The molecule has 0 unspecified atom stereocenters. The van der Waals surface area contributed by atoms with Crippen LogP contribution in [0.1, 0.15) is 27.2 Å². The van der Waals surface area contributed by atoms with Crippen LogP contribution in [0.5, 0.6) is 0 Å². The second-order valence-electron chi connectivity index (χ2n) is 2.98. The maximum Gasteiger partial charge on any atom is 0.109 e.